The Kier molecular flexibility index (Phi) is 2.41. The fraction of sp³-hybridized carbons (Fsp3) is 1.00. The molecule has 0 radical (unpaired) electrons. The Morgan fingerprint density at radius 1 is 1.50 bits per heavy atom. The molecule has 0 spiro atoms. The van der Waals surface area contributed by atoms with E-state index < -0.39 is 0 Å². The molecule has 1 aliphatic heterocycles. The highest BCUT2D eigenvalue weighted by molar-refractivity contribution is 4.98. The van der Waals surface area contributed by atoms with Gasteiger partial charge in [-0.1, -0.05) is 12.0 Å². The van der Waals surface area contributed by atoms with Crippen LogP contribution >= 0.6 is 0 Å². The van der Waals surface area contributed by atoms with Crippen molar-refractivity contribution in [1.29, 1.82) is 0 Å². The molecular formula is C10H17N3O. The number of rotatable bonds is 2. The van der Waals surface area contributed by atoms with Gasteiger partial charge >= 0.3 is 0 Å². The Bertz CT molecular complexity index is 269. The van der Waals surface area contributed by atoms with Crippen molar-refractivity contribution in [3.05, 3.63) is 10.4 Å². The number of nitrogens with zero attached hydrogens (tertiary/aromatic N) is 3. The van der Waals surface area contributed by atoms with Crippen molar-refractivity contribution in [3.63, 3.8) is 0 Å². The van der Waals surface area contributed by atoms with E-state index in [1.165, 1.54) is 6.42 Å². The van der Waals surface area contributed by atoms with Crippen LogP contribution in [-0.2, 0) is 4.74 Å². The van der Waals surface area contributed by atoms with Crippen LogP contribution in [0.5, 0.6) is 0 Å². The zero-order chi connectivity index (χ0) is 10.2. The molecule has 4 atom stereocenters. The first-order chi connectivity index (χ1) is 6.65. The van der Waals surface area contributed by atoms with E-state index in [1.54, 1.807) is 0 Å². The van der Waals surface area contributed by atoms with Crippen LogP contribution in [0.2, 0.25) is 0 Å². The third kappa shape index (κ3) is 1.72. The average Bonchev–Trinajstić information content (AvgIpc) is 2.89. The number of hydrogen-bond donors (Lipinski definition) is 0. The summed E-state index contributed by atoms with van der Waals surface area (Å²) in [6.07, 6.45) is 3.38. The summed E-state index contributed by atoms with van der Waals surface area (Å²) in [7, 11) is 0. The molecule has 78 valence electrons. The quantitative estimate of drug-likeness (QED) is 0.289. The van der Waals surface area contributed by atoms with Crippen molar-refractivity contribution in [1.82, 2.24) is 0 Å². The molecule has 14 heavy (non-hydrogen) atoms. The van der Waals surface area contributed by atoms with Gasteiger partial charge in [0.25, 0.3) is 0 Å². The van der Waals surface area contributed by atoms with Crippen molar-refractivity contribution in [3.8, 4) is 0 Å². The predicted molar refractivity (Wildman–Crippen MR) is 53.8 cm³/mol. The molecule has 1 saturated carbocycles. The maximum atomic E-state index is 8.47. The average molecular weight is 195 g/mol. The lowest BCUT2D eigenvalue weighted by atomic mass is 9.74. The summed E-state index contributed by atoms with van der Waals surface area (Å²) in [5, 5.41) is 3.88. The molecule has 0 bridgehead atoms. The van der Waals surface area contributed by atoms with Crippen molar-refractivity contribution in [2.24, 2.45) is 17.0 Å². The van der Waals surface area contributed by atoms with Gasteiger partial charge in [0.1, 0.15) is 0 Å². The van der Waals surface area contributed by atoms with E-state index in [4.69, 9.17) is 10.3 Å². The predicted octanol–water partition coefficient (Wildman–Crippen LogP) is 2.89. The topological polar surface area (TPSA) is 61.3 Å². The molecule has 2 fully saturated rings. The minimum Gasteiger partial charge on any atom is -0.370 e. The van der Waals surface area contributed by atoms with Gasteiger partial charge in [-0.05, 0) is 43.6 Å². The normalized spacial score (nSPS) is 46.9. The number of ether oxygens (including phenoxy) is 1. The highest BCUT2D eigenvalue weighted by atomic mass is 16.6. The largest absolute Gasteiger partial charge is 0.370 e. The SMILES string of the molecule is C[C@@H]1CC[C@@H](C2(C)CO2)C[C@H]1N=[N+]=[N-]. The first-order valence-corrected chi connectivity index (χ1v) is 5.34. The molecule has 4 nitrogen and oxygen atoms in total. The third-order valence-electron chi connectivity index (χ3n) is 3.82. The minimum absolute atomic E-state index is 0.101. The second-order valence-electron chi connectivity index (χ2n) is 4.86. The fourth-order valence-electron chi connectivity index (χ4n) is 2.43. The molecule has 0 aromatic carbocycles. The van der Waals surface area contributed by atoms with Gasteiger partial charge in [0.05, 0.1) is 12.2 Å². The number of epoxide rings is 1. The van der Waals surface area contributed by atoms with E-state index >= 15 is 0 Å². The van der Waals surface area contributed by atoms with Crippen LogP contribution < -0.4 is 0 Å². The zero-order valence-corrected chi connectivity index (χ0v) is 8.81. The maximum Gasteiger partial charge on any atom is 0.0916 e. The first-order valence-electron chi connectivity index (χ1n) is 5.34. The molecule has 1 unspecified atom stereocenters. The summed E-state index contributed by atoms with van der Waals surface area (Å²) in [5.74, 6) is 1.12. The lowest BCUT2D eigenvalue weighted by Gasteiger charge is -2.33. The van der Waals surface area contributed by atoms with Crippen LogP contribution in [0, 0.1) is 11.8 Å². The molecule has 1 heterocycles. The van der Waals surface area contributed by atoms with E-state index in [9.17, 15) is 0 Å². The van der Waals surface area contributed by atoms with E-state index in [2.05, 4.69) is 23.9 Å². The van der Waals surface area contributed by atoms with Crippen molar-refractivity contribution in [2.45, 2.75) is 44.8 Å². The summed E-state index contributed by atoms with van der Waals surface area (Å²) >= 11 is 0. The molecule has 2 rings (SSSR count). The second-order valence-corrected chi connectivity index (χ2v) is 4.86. The van der Waals surface area contributed by atoms with Gasteiger partial charge in [0.15, 0.2) is 0 Å². The van der Waals surface area contributed by atoms with Gasteiger partial charge in [-0.25, -0.2) is 0 Å². The minimum atomic E-state index is 0.101. The standard InChI is InChI=1S/C10H17N3O/c1-7-3-4-8(10(2)6-14-10)5-9(7)12-13-11/h7-9H,3-6H2,1-2H3/t7-,8-,9-,10?/m1/s1. The summed E-state index contributed by atoms with van der Waals surface area (Å²) in [6, 6.07) is 0.180. The number of azide groups is 1. The summed E-state index contributed by atoms with van der Waals surface area (Å²) in [5.41, 5.74) is 8.57. The summed E-state index contributed by atoms with van der Waals surface area (Å²) < 4.78 is 5.46. The Labute approximate surface area is 84.3 Å². The molecule has 0 amide bonds. The highest BCUT2D eigenvalue weighted by Gasteiger charge is 2.48. The van der Waals surface area contributed by atoms with Crippen LogP contribution in [-0.4, -0.2) is 18.2 Å². The van der Waals surface area contributed by atoms with Gasteiger partial charge in [0.2, 0.25) is 0 Å². The van der Waals surface area contributed by atoms with Crippen LogP contribution in [0.1, 0.15) is 33.1 Å². The van der Waals surface area contributed by atoms with Crippen LogP contribution in [0.25, 0.3) is 10.4 Å². The molecular weight excluding hydrogens is 178 g/mol. The van der Waals surface area contributed by atoms with Crippen LogP contribution in [0.15, 0.2) is 5.11 Å². The maximum absolute atomic E-state index is 8.47. The fourth-order valence-corrected chi connectivity index (χ4v) is 2.43. The summed E-state index contributed by atoms with van der Waals surface area (Å²) in [4.78, 5) is 2.93. The van der Waals surface area contributed by atoms with Crippen LogP contribution in [0.3, 0.4) is 0 Å². The first kappa shape index (κ1) is 9.81. The smallest absolute Gasteiger partial charge is 0.0916 e. The summed E-state index contributed by atoms with van der Waals surface area (Å²) in [6.45, 7) is 5.22. The van der Waals surface area contributed by atoms with Gasteiger partial charge in [-0.15, -0.1) is 0 Å². The van der Waals surface area contributed by atoms with Crippen molar-refractivity contribution >= 4 is 0 Å². The van der Waals surface area contributed by atoms with E-state index in [1.807, 2.05) is 0 Å². The second kappa shape index (κ2) is 3.44. The van der Waals surface area contributed by atoms with Crippen molar-refractivity contribution in [2.75, 3.05) is 6.61 Å². The molecule has 4 heteroatoms. The molecule has 0 aromatic rings. The molecule has 0 aromatic heterocycles. The highest BCUT2D eigenvalue weighted by Crippen LogP contribution is 2.44. The lowest BCUT2D eigenvalue weighted by molar-refractivity contribution is 0.153. The van der Waals surface area contributed by atoms with Gasteiger partial charge in [0, 0.05) is 11.0 Å². The van der Waals surface area contributed by atoms with Crippen LogP contribution in [0.4, 0.5) is 0 Å². The zero-order valence-electron chi connectivity index (χ0n) is 8.81. The monoisotopic (exact) mass is 195 g/mol. The van der Waals surface area contributed by atoms with Crippen molar-refractivity contribution < 1.29 is 4.74 Å². The Balaban J connectivity index is 2.01. The van der Waals surface area contributed by atoms with Gasteiger partial charge < -0.3 is 4.74 Å². The van der Waals surface area contributed by atoms with E-state index in [0.29, 0.717) is 11.8 Å². The Hall–Kier alpha value is -0.730. The molecule has 1 aliphatic carbocycles. The van der Waals surface area contributed by atoms with Gasteiger partial charge in [-0.2, -0.15) is 0 Å². The number of hydrogen-bond acceptors (Lipinski definition) is 2. The van der Waals surface area contributed by atoms with E-state index in [0.717, 1.165) is 19.4 Å². The Morgan fingerprint density at radius 3 is 2.79 bits per heavy atom. The molecule has 2 aliphatic rings. The third-order valence-corrected chi connectivity index (χ3v) is 3.82. The lowest BCUT2D eigenvalue weighted by Crippen LogP contribution is -2.33. The molecule has 1 saturated heterocycles. The van der Waals surface area contributed by atoms with Gasteiger partial charge in [-0.3, -0.25) is 0 Å². The Morgan fingerprint density at radius 2 is 2.21 bits per heavy atom. The van der Waals surface area contributed by atoms with E-state index in [-0.39, 0.29) is 11.6 Å². The molecule has 0 N–H and O–H groups in total.